The molecule has 13 heteroatoms. The molecule has 222 valence electrons. The standard InChI is InChI=1S/C27H40N3O9P/c1-5-19(6-2)18(4)37-27(34)17(3)29-40(35,39-21-12-8-7-9-13-21)36-16-22-23(31)24(32)26(38-22)30-14-10-11-20(15-30)25(28)33/h7-10,12-15,17-19,22-24,26,31-32H,5-6,11,16H2,1-4H3,(H2,28,33)(H,29,35)/t17-,18?,22+,23+,24+,26+,40?/m0/s1. The number of aliphatic hydroxyl groups excluding tert-OH is 2. The highest BCUT2D eigenvalue weighted by molar-refractivity contribution is 7.52. The van der Waals surface area contributed by atoms with Gasteiger partial charge in [0.15, 0.2) is 6.23 Å². The second kappa shape index (κ2) is 14.2. The lowest BCUT2D eigenvalue weighted by atomic mass is 9.98. The Morgan fingerprint density at radius 1 is 1.18 bits per heavy atom. The average Bonchev–Trinajstić information content (AvgIpc) is 3.22. The second-order valence-corrected chi connectivity index (χ2v) is 11.6. The summed E-state index contributed by atoms with van der Waals surface area (Å²) in [6.45, 7) is 6.88. The monoisotopic (exact) mass is 581 g/mol. The Morgan fingerprint density at radius 3 is 2.48 bits per heavy atom. The second-order valence-electron chi connectivity index (χ2n) is 9.87. The fourth-order valence-corrected chi connectivity index (χ4v) is 6.02. The Morgan fingerprint density at radius 2 is 1.85 bits per heavy atom. The number of primary amides is 1. The molecule has 0 aliphatic carbocycles. The number of carbonyl (C=O) groups is 2. The molecule has 1 aromatic rings. The van der Waals surface area contributed by atoms with E-state index >= 15 is 0 Å². The molecular weight excluding hydrogens is 541 g/mol. The van der Waals surface area contributed by atoms with Gasteiger partial charge >= 0.3 is 13.7 Å². The summed E-state index contributed by atoms with van der Waals surface area (Å²) in [5.41, 5.74) is 5.67. The van der Waals surface area contributed by atoms with E-state index in [-0.39, 0.29) is 17.8 Å². The molecule has 3 rings (SSSR count). The van der Waals surface area contributed by atoms with Crippen LogP contribution >= 0.6 is 7.75 Å². The molecule has 40 heavy (non-hydrogen) atoms. The Labute approximate surface area is 234 Å². The number of allylic oxidation sites excluding steroid dienone is 1. The smallest absolute Gasteiger partial charge is 0.459 e. The Kier molecular flexibility index (Phi) is 11.3. The van der Waals surface area contributed by atoms with Gasteiger partial charge in [-0.15, -0.1) is 0 Å². The van der Waals surface area contributed by atoms with Gasteiger partial charge in [-0.25, -0.2) is 4.57 Å². The van der Waals surface area contributed by atoms with Crippen molar-refractivity contribution in [3.8, 4) is 5.75 Å². The van der Waals surface area contributed by atoms with E-state index in [0.717, 1.165) is 12.8 Å². The Hall–Kier alpha value is -2.73. The molecule has 1 amide bonds. The number of para-hydroxylation sites is 1. The molecule has 2 aliphatic rings. The van der Waals surface area contributed by atoms with Crippen LogP contribution in [0.3, 0.4) is 0 Å². The van der Waals surface area contributed by atoms with Crippen LogP contribution in [0, 0.1) is 5.92 Å². The molecule has 2 aliphatic heterocycles. The fourth-order valence-electron chi connectivity index (χ4n) is 4.52. The molecule has 5 N–H and O–H groups in total. The van der Waals surface area contributed by atoms with Crippen molar-refractivity contribution >= 4 is 19.6 Å². The number of nitrogens with two attached hydrogens (primary N) is 1. The maximum absolute atomic E-state index is 13.8. The number of rotatable bonds is 14. The predicted molar refractivity (Wildman–Crippen MR) is 146 cm³/mol. The third-order valence-electron chi connectivity index (χ3n) is 6.97. The van der Waals surface area contributed by atoms with Gasteiger partial charge in [-0.05, 0) is 51.2 Å². The van der Waals surface area contributed by atoms with Crippen LogP contribution in [0.15, 0.2) is 54.4 Å². The van der Waals surface area contributed by atoms with Crippen LogP contribution in [0.4, 0.5) is 0 Å². The number of esters is 1. The van der Waals surface area contributed by atoms with Crippen LogP contribution in [0.1, 0.15) is 47.0 Å². The van der Waals surface area contributed by atoms with Crippen LogP contribution in [-0.4, -0.2) is 70.3 Å². The van der Waals surface area contributed by atoms with Crippen molar-refractivity contribution in [1.82, 2.24) is 9.99 Å². The lowest BCUT2D eigenvalue weighted by Crippen LogP contribution is -2.40. The maximum Gasteiger partial charge on any atom is 0.459 e. The zero-order chi connectivity index (χ0) is 29.4. The SMILES string of the molecule is CCC(CC)C(C)OC(=O)[C@H](C)NP(=O)(OC[C@H]1O[C@@H](N2C=CCC(C(N)=O)=C2)[C@H](O)[C@@H]1O)Oc1ccccc1. The average molecular weight is 582 g/mol. The van der Waals surface area contributed by atoms with Gasteiger partial charge in [-0.2, -0.15) is 5.09 Å². The van der Waals surface area contributed by atoms with Gasteiger partial charge in [0.2, 0.25) is 5.91 Å². The summed E-state index contributed by atoms with van der Waals surface area (Å²) in [5.74, 6) is -0.836. The highest BCUT2D eigenvalue weighted by Crippen LogP contribution is 2.45. The van der Waals surface area contributed by atoms with Gasteiger partial charge in [-0.3, -0.25) is 14.1 Å². The molecule has 2 heterocycles. The van der Waals surface area contributed by atoms with Gasteiger partial charge in [-0.1, -0.05) is 38.1 Å². The Balaban J connectivity index is 1.71. The van der Waals surface area contributed by atoms with Crippen LogP contribution in [0.25, 0.3) is 0 Å². The van der Waals surface area contributed by atoms with Gasteiger partial charge in [0.1, 0.15) is 36.2 Å². The number of carbonyl (C=O) groups excluding carboxylic acids is 2. The summed E-state index contributed by atoms with van der Waals surface area (Å²) in [5, 5.41) is 23.9. The summed E-state index contributed by atoms with van der Waals surface area (Å²) in [7, 11) is -4.23. The third-order valence-corrected chi connectivity index (χ3v) is 8.61. The van der Waals surface area contributed by atoms with Crippen molar-refractivity contribution in [2.75, 3.05) is 6.61 Å². The van der Waals surface area contributed by atoms with E-state index in [9.17, 15) is 24.4 Å². The van der Waals surface area contributed by atoms with E-state index in [1.165, 1.54) is 18.0 Å². The number of amides is 1. The number of nitrogens with zero attached hydrogens (tertiary/aromatic N) is 1. The van der Waals surface area contributed by atoms with E-state index in [1.807, 2.05) is 20.8 Å². The first-order valence-electron chi connectivity index (χ1n) is 13.4. The highest BCUT2D eigenvalue weighted by Gasteiger charge is 2.46. The molecule has 1 aromatic carbocycles. The van der Waals surface area contributed by atoms with Crippen molar-refractivity contribution in [3.63, 3.8) is 0 Å². The first kappa shape index (κ1) is 31.8. The predicted octanol–water partition coefficient (Wildman–Crippen LogP) is 2.57. The van der Waals surface area contributed by atoms with Crippen LogP contribution < -0.4 is 15.3 Å². The molecule has 0 saturated carbocycles. The van der Waals surface area contributed by atoms with E-state index in [0.29, 0.717) is 12.0 Å². The van der Waals surface area contributed by atoms with Crippen LogP contribution in [0.5, 0.6) is 5.75 Å². The lowest BCUT2D eigenvalue weighted by molar-refractivity contribution is -0.152. The van der Waals surface area contributed by atoms with Crippen molar-refractivity contribution in [2.24, 2.45) is 11.7 Å². The molecule has 2 unspecified atom stereocenters. The number of hydrogen-bond donors (Lipinski definition) is 4. The zero-order valence-electron chi connectivity index (χ0n) is 23.2. The molecular formula is C27H40N3O9P. The van der Waals surface area contributed by atoms with Gasteiger partial charge in [0.25, 0.3) is 0 Å². The molecule has 0 aromatic heterocycles. The summed E-state index contributed by atoms with van der Waals surface area (Å²) in [6, 6.07) is 7.20. The van der Waals surface area contributed by atoms with E-state index < -0.39 is 56.8 Å². The largest absolute Gasteiger partial charge is 0.461 e. The van der Waals surface area contributed by atoms with Crippen molar-refractivity contribution in [3.05, 3.63) is 54.4 Å². The minimum Gasteiger partial charge on any atom is -0.461 e. The molecule has 0 bridgehead atoms. The number of aliphatic hydroxyl groups is 2. The van der Waals surface area contributed by atoms with Crippen molar-refractivity contribution < 1.29 is 42.9 Å². The van der Waals surface area contributed by atoms with Crippen LogP contribution in [0.2, 0.25) is 0 Å². The molecule has 1 saturated heterocycles. The zero-order valence-corrected chi connectivity index (χ0v) is 24.1. The number of nitrogens with one attached hydrogen (secondary N) is 1. The topological polar surface area (TPSA) is 170 Å². The van der Waals surface area contributed by atoms with Gasteiger partial charge in [0, 0.05) is 18.0 Å². The quantitative estimate of drug-likeness (QED) is 0.188. The third kappa shape index (κ3) is 8.15. The Bertz CT molecular complexity index is 1110. The van der Waals surface area contributed by atoms with Gasteiger partial charge in [0.05, 0.1) is 6.61 Å². The summed E-state index contributed by atoms with van der Waals surface area (Å²) >= 11 is 0. The summed E-state index contributed by atoms with van der Waals surface area (Å²) < 4.78 is 36.5. The number of hydrogen-bond acceptors (Lipinski definition) is 10. The number of ether oxygens (including phenoxy) is 2. The maximum atomic E-state index is 13.8. The van der Waals surface area contributed by atoms with E-state index in [4.69, 9.17) is 24.3 Å². The van der Waals surface area contributed by atoms with E-state index in [1.54, 1.807) is 42.6 Å². The van der Waals surface area contributed by atoms with Crippen LogP contribution in [-0.2, 0) is 28.2 Å². The summed E-state index contributed by atoms with van der Waals surface area (Å²) in [6.07, 6.45) is 1.40. The van der Waals surface area contributed by atoms with Crippen molar-refractivity contribution in [1.29, 1.82) is 0 Å². The van der Waals surface area contributed by atoms with Gasteiger partial charge < -0.3 is 34.8 Å². The summed E-state index contributed by atoms with van der Waals surface area (Å²) in [4.78, 5) is 25.8. The van der Waals surface area contributed by atoms with E-state index in [2.05, 4.69) is 5.09 Å². The minimum atomic E-state index is -4.23. The minimum absolute atomic E-state index is 0.184. The molecule has 0 spiro atoms. The van der Waals surface area contributed by atoms with Crippen molar-refractivity contribution in [2.45, 2.75) is 83.6 Å². The normalized spacial score (nSPS) is 25.7. The molecule has 7 atom stereocenters. The molecule has 12 nitrogen and oxygen atoms in total. The highest BCUT2D eigenvalue weighted by atomic mass is 31.2. The molecule has 1 fully saturated rings. The lowest BCUT2D eigenvalue weighted by Gasteiger charge is -2.28. The fraction of sp³-hybridized carbons (Fsp3) is 0.556. The molecule has 0 radical (unpaired) electrons. The first-order valence-corrected chi connectivity index (χ1v) is 15.0. The first-order chi connectivity index (χ1) is 19.0. The number of benzene rings is 1.